The van der Waals surface area contributed by atoms with Crippen LogP contribution in [0.25, 0.3) is 0 Å². The first-order chi connectivity index (χ1) is 8.23. The molecule has 2 bridgehead atoms. The van der Waals surface area contributed by atoms with Crippen molar-refractivity contribution in [1.82, 2.24) is 5.32 Å². The summed E-state index contributed by atoms with van der Waals surface area (Å²) in [4.78, 5) is 22.2. The number of nitrogens with one attached hydrogen (secondary N) is 1. The number of alkyl halides is 3. The van der Waals surface area contributed by atoms with Gasteiger partial charge in [0.05, 0.1) is 12.2 Å². The molecule has 0 aromatic carbocycles. The average molecular weight is 267 g/mol. The van der Waals surface area contributed by atoms with Gasteiger partial charge in [0, 0.05) is 12.8 Å². The van der Waals surface area contributed by atoms with Crippen molar-refractivity contribution in [3.05, 3.63) is 0 Å². The molecule has 1 amide bonds. The molecule has 2 aliphatic rings. The van der Waals surface area contributed by atoms with Crippen LogP contribution in [-0.4, -0.2) is 40.9 Å². The lowest BCUT2D eigenvalue weighted by Crippen LogP contribution is -2.61. The second-order valence-corrected chi connectivity index (χ2v) is 4.70. The molecule has 0 spiro atoms. The standard InChI is InChI=1S/C10H12F3NO4/c11-10(12,13)7(15)14-9(8(16)17)3-5-1-2-6(4-9)18-5/h5-6H,1-4H2,(H,14,15)(H,16,17). The largest absolute Gasteiger partial charge is 0.480 e. The Morgan fingerprint density at radius 1 is 1.22 bits per heavy atom. The highest BCUT2D eigenvalue weighted by Gasteiger charge is 2.53. The highest BCUT2D eigenvalue weighted by Crippen LogP contribution is 2.39. The fourth-order valence-corrected chi connectivity index (χ4v) is 2.56. The maximum Gasteiger partial charge on any atom is 0.471 e. The summed E-state index contributed by atoms with van der Waals surface area (Å²) in [6.45, 7) is 0. The summed E-state index contributed by atoms with van der Waals surface area (Å²) in [5, 5.41) is 10.8. The van der Waals surface area contributed by atoms with E-state index in [2.05, 4.69) is 0 Å². The van der Waals surface area contributed by atoms with Gasteiger partial charge in [-0.15, -0.1) is 0 Å². The Balaban J connectivity index is 2.18. The molecule has 2 aliphatic heterocycles. The second kappa shape index (κ2) is 4.11. The molecule has 2 rings (SSSR count). The lowest BCUT2D eigenvalue weighted by Gasteiger charge is -2.37. The summed E-state index contributed by atoms with van der Waals surface area (Å²) < 4.78 is 42.0. The summed E-state index contributed by atoms with van der Waals surface area (Å²) in [5.74, 6) is -3.66. The van der Waals surface area contributed by atoms with Crippen molar-refractivity contribution in [2.75, 3.05) is 0 Å². The van der Waals surface area contributed by atoms with Crippen molar-refractivity contribution in [2.24, 2.45) is 0 Å². The quantitative estimate of drug-likeness (QED) is 0.777. The van der Waals surface area contributed by atoms with Crippen molar-refractivity contribution < 1.29 is 32.6 Å². The highest BCUT2D eigenvalue weighted by molar-refractivity contribution is 5.89. The summed E-state index contributed by atoms with van der Waals surface area (Å²) in [7, 11) is 0. The zero-order valence-corrected chi connectivity index (χ0v) is 9.29. The predicted molar refractivity (Wildman–Crippen MR) is 51.7 cm³/mol. The number of carboxylic acids is 1. The van der Waals surface area contributed by atoms with Gasteiger partial charge in [0.15, 0.2) is 0 Å². The van der Waals surface area contributed by atoms with E-state index in [9.17, 15) is 22.8 Å². The van der Waals surface area contributed by atoms with E-state index in [1.54, 1.807) is 5.32 Å². The Morgan fingerprint density at radius 2 is 1.72 bits per heavy atom. The molecule has 0 radical (unpaired) electrons. The van der Waals surface area contributed by atoms with Crippen LogP contribution in [0.5, 0.6) is 0 Å². The SMILES string of the molecule is O=C(NC1(C(=O)O)CC2CCC(C1)O2)C(F)(F)F. The predicted octanol–water partition coefficient (Wildman–Crippen LogP) is 0.830. The van der Waals surface area contributed by atoms with E-state index in [0.717, 1.165) is 0 Å². The minimum absolute atomic E-state index is 0.124. The Bertz CT molecular complexity index is 370. The van der Waals surface area contributed by atoms with Crippen molar-refractivity contribution in [2.45, 2.75) is 49.6 Å². The fourth-order valence-electron chi connectivity index (χ4n) is 2.56. The average Bonchev–Trinajstić information content (AvgIpc) is 2.57. The van der Waals surface area contributed by atoms with Crippen LogP contribution in [0.1, 0.15) is 25.7 Å². The van der Waals surface area contributed by atoms with Crippen LogP contribution in [0, 0.1) is 0 Å². The first kappa shape index (κ1) is 13.1. The second-order valence-electron chi connectivity index (χ2n) is 4.70. The van der Waals surface area contributed by atoms with Gasteiger partial charge >= 0.3 is 18.1 Å². The Labute approximate surface area is 100 Å². The van der Waals surface area contributed by atoms with Gasteiger partial charge < -0.3 is 15.2 Å². The van der Waals surface area contributed by atoms with Crippen LogP contribution in [0.3, 0.4) is 0 Å². The van der Waals surface area contributed by atoms with Crippen LogP contribution >= 0.6 is 0 Å². The molecule has 2 N–H and O–H groups in total. The Morgan fingerprint density at radius 3 is 2.11 bits per heavy atom. The first-order valence-corrected chi connectivity index (χ1v) is 5.51. The number of carboxylic acid groups (broad SMARTS) is 1. The first-order valence-electron chi connectivity index (χ1n) is 5.51. The van der Waals surface area contributed by atoms with Gasteiger partial charge in [-0.05, 0) is 12.8 Å². The number of ether oxygens (including phenoxy) is 1. The number of amides is 1. The summed E-state index contributed by atoms with van der Waals surface area (Å²) >= 11 is 0. The molecule has 0 aromatic heterocycles. The molecule has 0 aliphatic carbocycles. The molecular formula is C10H12F3NO4. The molecule has 2 saturated heterocycles. The molecule has 102 valence electrons. The van der Waals surface area contributed by atoms with Crippen LogP contribution in [-0.2, 0) is 14.3 Å². The van der Waals surface area contributed by atoms with Gasteiger partial charge in [0.25, 0.3) is 0 Å². The van der Waals surface area contributed by atoms with Gasteiger partial charge in [-0.2, -0.15) is 13.2 Å². The summed E-state index contributed by atoms with van der Waals surface area (Å²) in [5.41, 5.74) is -1.86. The topological polar surface area (TPSA) is 75.6 Å². The molecular weight excluding hydrogens is 255 g/mol. The van der Waals surface area contributed by atoms with Gasteiger partial charge in [-0.3, -0.25) is 4.79 Å². The fraction of sp³-hybridized carbons (Fsp3) is 0.800. The van der Waals surface area contributed by atoms with Gasteiger partial charge in [-0.25, -0.2) is 4.79 Å². The minimum Gasteiger partial charge on any atom is -0.480 e. The van der Waals surface area contributed by atoms with Crippen molar-refractivity contribution >= 4 is 11.9 Å². The van der Waals surface area contributed by atoms with E-state index in [0.29, 0.717) is 12.8 Å². The molecule has 0 saturated carbocycles. The van der Waals surface area contributed by atoms with E-state index in [1.807, 2.05) is 0 Å². The highest BCUT2D eigenvalue weighted by atomic mass is 19.4. The monoisotopic (exact) mass is 267 g/mol. The number of rotatable bonds is 2. The number of carbonyl (C=O) groups is 2. The van der Waals surface area contributed by atoms with Gasteiger partial charge in [-0.1, -0.05) is 0 Å². The van der Waals surface area contributed by atoms with Crippen LogP contribution < -0.4 is 5.32 Å². The maximum absolute atomic E-state index is 12.2. The normalized spacial score (nSPS) is 35.3. The number of aliphatic carboxylic acids is 1. The number of hydrogen-bond donors (Lipinski definition) is 2. The lowest BCUT2D eigenvalue weighted by molar-refractivity contribution is -0.181. The van der Waals surface area contributed by atoms with E-state index >= 15 is 0 Å². The Kier molecular flexibility index (Phi) is 3.00. The van der Waals surface area contributed by atoms with E-state index in [-0.39, 0.29) is 12.8 Å². The summed E-state index contributed by atoms with van der Waals surface area (Å²) in [6, 6.07) is 0. The van der Waals surface area contributed by atoms with Crippen molar-refractivity contribution in [3.8, 4) is 0 Å². The van der Waals surface area contributed by atoms with Crippen LogP contribution in [0.4, 0.5) is 13.2 Å². The van der Waals surface area contributed by atoms with Crippen LogP contribution in [0.15, 0.2) is 0 Å². The molecule has 18 heavy (non-hydrogen) atoms. The lowest BCUT2D eigenvalue weighted by atomic mass is 9.86. The molecule has 2 fully saturated rings. The van der Waals surface area contributed by atoms with Crippen LogP contribution in [0.2, 0.25) is 0 Å². The van der Waals surface area contributed by atoms with Crippen molar-refractivity contribution in [3.63, 3.8) is 0 Å². The minimum atomic E-state index is -5.08. The van der Waals surface area contributed by atoms with Gasteiger partial charge in [0.2, 0.25) is 0 Å². The smallest absolute Gasteiger partial charge is 0.471 e. The zero-order chi connectivity index (χ0) is 13.6. The molecule has 2 unspecified atom stereocenters. The zero-order valence-electron chi connectivity index (χ0n) is 9.29. The third kappa shape index (κ3) is 2.29. The van der Waals surface area contributed by atoms with E-state index in [1.165, 1.54) is 0 Å². The maximum atomic E-state index is 12.2. The van der Waals surface area contributed by atoms with E-state index < -0.39 is 35.8 Å². The third-order valence-corrected chi connectivity index (χ3v) is 3.37. The molecule has 2 atom stereocenters. The number of halogens is 3. The van der Waals surface area contributed by atoms with E-state index in [4.69, 9.17) is 9.84 Å². The Hall–Kier alpha value is -1.31. The third-order valence-electron chi connectivity index (χ3n) is 3.37. The molecule has 8 heteroatoms. The van der Waals surface area contributed by atoms with Crippen molar-refractivity contribution in [1.29, 1.82) is 0 Å². The van der Waals surface area contributed by atoms with Gasteiger partial charge in [0.1, 0.15) is 5.54 Å². The molecule has 5 nitrogen and oxygen atoms in total. The molecule has 2 heterocycles. The number of hydrogen-bond acceptors (Lipinski definition) is 3. The summed E-state index contributed by atoms with van der Waals surface area (Å²) in [6.07, 6.45) is -4.90. The number of carbonyl (C=O) groups excluding carboxylic acids is 1. The number of fused-ring (bicyclic) bond motifs is 2. The molecule has 0 aromatic rings.